The molecule has 34 heavy (non-hydrogen) atoms. The third kappa shape index (κ3) is 10.4. The van der Waals surface area contributed by atoms with Gasteiger partial charge in [-0.3, -0.25) is 18.3 Å². The molecule has 0 spiro atoms. The van der Waals surface area contributed by atoms with E-state index < -0.39 is 64.9 Å². The van der Waals surface area contributed by atoms with Crippen LogP contribution in [0.4, 0.5) is 0 Å². The van der Waals surface area contributed by atoms with E-state index in [-0.39, 0.29) is 12.8 Å². The molecule has 198 valence electrons. The van der Waals surface area contributed by atoms with Crippen LogP contribution in [0.1, 0.15) is 38.8 Å². The van der Waals surface area contributed by atoms with Gasteiger partial charge >= 0.3 is 30.4 Å². The largest absolute Gasteiger partial charge is 0.329 e. The SMILES string of the molecule is CC(C)(CP(=O)(O)O)C(Cc1ccc(CC(C(C)(C)CP(=O)(O)O)P(=O)(O)O)cc1)P(=O)(O)O. The Bertz CT molecular complexity index is 945. The number of hydrogen-bond donors (Lipinski definition) is 8. The van der Waals surface area contributed by atoms with E-state index in [1.165, 1.54) is 52.0 Å². The molecule has 0 radical (unpaired) electrons. The van der Waals surface area contributed by atoms with Gasteiger partial charge in [0.1, 0.15) is 0 Å². The van der Waals surface area contributed by atoms with E-state index in [0.717, 1.165) is 0 Å². The highest BCUT2D eigenvalue weighted by Crippen LogP contribution is 2.57. The van der Waals surface area contributed by atoms with Gasteiger partial charge in [0, 0.05) is 0 Å². The fourth-order valence-electron chi connectivity index (χ4n) is 4.23. The summed E-state index contributed by atoms with van der Waals surface area (Å²) >= 11 is 0. The number of rotatable bonds is 12. The smallest absolute Gasteiger partial charge is 0.324 e. The molecule has 0 amide bonds. The number of hydrogen-bond acceptors (Lipinski definition) is 4. The normalized spacial score (nSPS) is 16.4. The predicted molar refractivity (Wildman–Crippen MR) is 127 cm³/mol. The van der Waals surface area contributed by atoms with Crippen LogP contribution in [0, 0.1) is 10.8 Å². The first-order chi connectivity index (χ1) is 14.8. The zero-order chi connectivity index (χ0) is 27.0. The summed E-state index contributed by atoms with van der Waals surface area (Å²) in [4.78, 5) is 76.5. The molecule has 0 aromatic heterocycles. The maximum atomic E-state index is 12.1. The van der Waals surface area contributed by atoms with Crippen LogP contribution in [0.2, 0.25) is 0 Å². The van der Waals surface area contributed by atoms with E-state index in [9.17, 15) is 57.4 Å². The Morgan fingerprint density at radius 1 is 0.588 bits per heavy atom. The monoisotopic (exact) mass is 566 g/mol. The van der Waals surface area contributed by atoms with E-state index >= 15 is 0 Å². The minimum Gasteiger partial charge on any atom is -0.324 e. The summed E-state index contributed by atoms with van der Waals surface area (Å²) in [6.07, 6.45) is -1.87. The highest BCUT2D eigenvalue weighted by molar-refractivity contribution is 7.54. The van der Waals surface area contributed by atoms with Crippen molar-refractivity contribution in [1.82, 2.24) is 0 Å². The first kappa shape index (κ1) is 31.8. The van der Waals surface area contributed by atoms with Gasteiger partial charge in [-0.1, -0.05) is 52.0 Å². The van der Waals surface area contributed by atoms with E-state index in [0.29, 0.717) is 11.1 Å². The summed E-state index contributed by atoms with van der Waals surface area (Å²) in [5, 5.41) is 0. The summed E-state index contributed by atoms with van der Waals surface area (Å²) in [7, 11) is -18.7. The molecule has 12 nitrogen and oxygen atoms in total. The van der Waals surface area contributed by atoms with Crippen LogP contribution >= 0.6 is 30.4 Å². The topological polar surface area (TPSA) is 230 Å². The molecule has 0 aliphatic carbocycles. The highest BCUT2D eigenvalue weighted by Gasteiger charge is 2.46. The zero-order valence-electron chi connectivity index (χ0n) is 19.3. The summed E-state index contributed by atoms with van der Waals surface area (Å²) in [5.74, 6) is 0. The first-order valence-corrected chi connectivity index (χ1v) is 17.1. The second-order valence-electron chi connectivity index (χ2n) is 10.1. The Morgan fingerprint density at radius 3 is 1.00 bits per heavy atom. The van der Waals surface area contributed by atoms with Gasteiger partial charge in [-0.25, -0.2) is 0 Å². The van der Waals surface area contributed by atoms with Gasteiger partial charge in [-0.05, 0) is 34.8 Å². The summed E-state index contributed by atoms with van der Waals surface area (Å²) in [6.45, 7) is 5.44. The van der Waals surface area contributed by atoms with Crippen LogP contribution in [-0.4, -0.2) is 62.8 Å². The first-order valence-electron chi connectivity index (χ1n) is 10.1. The van der Waals surface area contributed by atoms with Gasteiger partial charge in [0.25, 0.3) is 0 Å². The molecule has 1 aromatic rings. The van der Waals surface area contributed by atoms with Gasteiger partial charge in [0.2, 0.25) is 0 Å². The van der Waals surface area contributed by atoms with E-state index in [1.54, 1.807) is 0 Å². The summed E-state index contributed by atoms with van der Waals surface area (Å²) in [6, 6.07) is 5.94. The molecular weight excluding hydrogens is 532 g/mol. The molecule has 0 heterocycles. The average Bonchev–Trinajstić information content (AvgIpc) is 2.51. The Morgan fingerprint density at radius 2 is 0.824 bits per heavy atom. The fourth-order valence-corrected chi connectivity index (χ4v) is 9.98. The fraction of sp³-hybridized carbons (Fsp3) is 0.667. The molecule has 2 atom stereocenters. The third-order valence-electron chi connectivity index (χ3n) is 5.72. The Kier molecular flexibility index (Phi) is 9.99. The molecule has 0 bridgehead atoms. The lowest BCUT2D eigenvalue weighted by atomic mass is 9.86. The minimum absolute atomic E-state index is 0.205. The molecule has 16 heteroatoms. The lowest BCUT2D eigenvalue weighted by molar-refractivity contribution is 0.275. The van der Waals surface area contributed by atoms with Crippen LogP contribution in [0.25, 0.3) is 0 Å². The minimum atomic E-state index is -4.77. The molecule has 1 rings (SSSR count). The molecule has 1 aromatic carbocycles. The molecule has 2 unspecified atom stereocenters. The zero-order valence-corrected chi connectivity index (χ0v) is 22.9. The highest BCUT2D eigenvalue weighted by atomic mass is 31.2. The average molecular weight is 566 g/mol. The Labute approximate surface area is 198 Å². The maximum absolute atomic E-state index is 12.1. The second-order valence-corrected chi connectivity index (χ2v) is 17.0. The van der Waals surface area contributed by atoms with Crippen molar-refractivity contribution in [2.24, 2.45) is 10.8 Å². The van der Waals surface area contributed by atoms with Gasteiger partial charge in [-0.15, -0.1) is 0 Å². The molecule has 0 saturated carbocycles. The van der Waals surface area contributed by atoms with E-state index in [4.69, 9.17) is 0 Å². The lowest BCUT2D eigenvalue weighted by Gasteiger charge is -2.35. The van der Waals surface area contributed by atoms with Gasteiger partial charge in [0.15, 0.2) is 0 Å². The Hall–Kier alpha value is -0.180. The molecular formula is C18H34O12P4. The van der Waals surface area contributed by atoms with Crippen molar-refractivity contribution in [3.05, 3.63) is 35.4 Å². The standard InChI is InChI=1S/C18H34O12P4/c1-17(2,11-31(19,20)21)15(33(25,26)27)9-13-5-7-14(8-6-13)10-16(34(28,29)30)18(3,4)12-32(22,23)24/h5-8,15-16H,9-12H2,1-4H3,(H2,19,20,21)(H2,22,23,24)(H2,25,26,27)(H2,28,29,30). The van der Waals surface area contributed by atoms with Crippen LogP contribution in [0.5, 0.6) is 0 Å². The van der Waals surface area contributed by atoms with Crippen molar-refractivity contribution < 1.29 is 57.4 Å². The molecule has 0 saturated heterocycles. The van der Waals surface area contributed by atoms with Crippen molar-refractivity contribution >= 4 is 30.4 Å². The summed E-state index contributed by atoms with van der Waals surface area (Å²) in [5.41, 5.74) is -4.76. The van der Waals surface area contributed by atoms with E-state index in [1.807, 2.05) is 0 Å². The van der Waals surface area contributed by atoms with Crippen LogP contribution in [0.15, 0.2) is 24.3 Å². The van der Waals surface area contributed by atoms with Gasteiger partial charge in [0.05, 0.1) is 23.6 Å². The van der Waals surface area contributed by atoms with Crippen LogP contribution < -0.4 is 0 Å². The summed E-state index contributed by atoms with van der Waals surface area (Å²) < 4.78 is 47.1. The predicted octanol–water partition coefficient (Wildman–Crippen LogP) is 2.27. The molecule has 0 fully saturated rings. The number of benzene rings is 1. The van der Waals surface area contributed by atoms with Crippen LogP contribution in [0.3, 0.4) is 0 Å². The van der Waals surface area contributed by atoms with Gasteiger partial charge in [-0.2, -0.15) is 0 Å². The van der Waals surface area contributed by atoms with Crippen molar-refractivity contribution in [2.75, 3.05) is 12.3 Å². The quantitative estimate of drug-likeness (QED) is 0.170. The van der Waals surface area contributed by atoms with Crippen molar-refractivity contribution in [1.29, 1.82) is 0 Å². The molecule has 0 aliphatic rings. The van der Waals surface area contributed by atoms with E-state index in [2.05, 4.69) is 0 Å². The van der Waals surface area contributed by atoms with Crippen LogP contribution in [-0.2, 0) is 31.1 Å². The Balaban J connectivity index is 3.21. The molecule has 0 aliphatic heterocycles. The van der Waals surface area contributed by atoms with Crippen molar-refractivity contribution in [3.63, 3.8) is 0 Å². The lowest BCUT2D eigenvalue weighted by Crippen LogP contribution is -2.35. The van der Waals surface area contributed by atoms with Crippen molar-refractivity contribution in [3.8, 4) is 0 Å². The maximum Gasteiger partial charge on any atom is 0.329 e. The second kappa shape index (κ2) is 10.7. The van der Waals surface area contributed by atoms with Gasteiger partial charge < -0.3 is 39.1 Å². The molecule has 8 N–H and O–H groups in total. The van der Waals surface area contributed by atoms with Crippen molar-refractivity contribution in [2.45, 2.75) is 51.9 Å². The third-order valence-corrected chi connectivity index (χ3v) is 11.6.